The highest BCUT2D eigenvalue weighted by Crippen LogP contribution is 2.33. The van der Waals surface area contributed by atoms with Gasteiger partial charge in [0.2, 0.25) is 0 Å². The lowest BCUT2D eigenvalue weighted by Gasteiger charge is -2.19. The van der Waals surface area contributed by atoms with Crippen molar-refractivity contribution in [3.05, 3.63) is 42.1 Å². The van der Waals surface area contributed by atoms with Gasteiger partial charge in [-0.2, -0.15) is 0 Å². The lowest BCUT2D eigenvalue weighted by molar-refractivity contribution is -0.123. The standard InChI is InChI=1S/C22H21N3O8/c1-29-14-7-12-8-15(24-20(12)18(10-14)30-2)21(27)33-11-19(26)25-22(28)23-13-3-4-16-17(9-13)32-6-5-31-16/h3-4,7-10,24H,5-6,11H2,1-2H3,(H2,23,25,26,28). The molecule has 0 saturated heterocycles. The molecule has 0 bridgehead atoms. The van der Waals surface area contributed by atoms with Gasteiger partial charge in [-0.1, -0.05) is 0 Å². The Morgan fingerprint density at radius 1 is 1.00 bits per heavy atom. The fraction of sp³-hybridized carbons (Fsp3) is 0.227. The van der Waals surface area contributed by atoms with E-state index in [0.717, 1.165) is 0 Å². The molecule has 1 aromatic heterocycles. The fourth-order valence-corrected chi connectivity index (χ4v) is 3.23. The third-order valence-corrected chi connectivity index (χ3v) is 4.73. The van der Waals surface area contributed by atoms with Crippen LogP contribution in [0, 0.1) is 0 Å². The van der Waals surface area contributed by atoms with E-state index in [1.54, 1.807) is 36.4 Å². The van der Waals surface area contributed by atoms with Crippen molar-refractivity contribution in [2.24, 2.45) is 0 Å². The molecule has 4 rings (SSSR count). The van der Waals surface area contributed by atoms with E-state index >= 15 is 0 Å². The van der Waals surface area contributed by atoms with Crippen molar-refractivity contribution in [1.82, 2.24) is 10.3 Å². The van der Waals surface area contributed by atoms with E-state index in [-0.39, 0.29) is 5.69 Å². The summed E-state index contributed by atoms with van der Waals surface area (Å²) in [5.74, 6) is 0.539. The number of methoxy groups -OCH3 is 2. The van der Waals surface area contributed by atoms with Crippen LogP contribution in [0.1, 0.15) is 10.5 Å². The van der Waals surface area contributed by atoms with E-state index in [1.165, 1.54) is 14.2 Å². The molecule has 2 aromatic carbocycles. The van der Waals surface area contributed by atoms with Crippen LogP contribution in [0.25, 0.3) is 10.9 Å². The predicted octanol–water partition coefficient (Wildman–Crippen LogP) is 2.46. The molecule has 0 spiro atoms. The van der Waals surface area contributed by atoms with Gasteiger partial charge in [-0.3, -0.25) is 10.1 Å². The normalized spacial score (nSPS) is 12.1. The van der Waals surface area contributed by atoms with E-state index in [4.69, 9.17) is 23.7 Å². The number of ether oxygens (including phenoxy) is 5. The van der Waals surface area contributed by atoms with Crippen molar-refractivity contribution < 1.29 is 38.1 Å². The smallest absolute Gasteiger partial charge is 0.355 e. The second kappa shape index (κ2) is 9.39. The maximum atomic E-state index is 12.4. The summed E-state index contributed by atoms with van der Waals surface area (Å²) < 4.78 is 26.4. The van der Waals surface area contributed by atoms with E-state index in [0.29, 0.717) is 52.8 Å². The fourth-order valence-electron chi connectivity index (χ4n) is 3.23. The second-order valence-electron chi connectivity index (χ2n) is 6.91. The maximum Gasteiger partial charge on any atom is 0.355 e. The number of hydrogen-bond donors (Lipinski definition) is 3. The minimum Gasteiger partial charge on any atom is -0.497 e. The molecular weight excluding hydrogens is 434 g/mol. The lowest BCUT2D eigenvalue weighted by atomic mass is 10.2. The zero-order chi connectivity index (χ0) is 23.4. The minimum atomic E-state index is -0.797. The molecule has 0 saturated carbocycles. The number of carbonyl (C=O) groups excluding carboxylic acids is 3. The lowest BCUT2D eigenvalue weighted by Crippen LogP contribution is -2.37. The summed E-state index contributed by atoms with van der Waals surface area (Å²) in [4.78, 5) is 39.3. The van der Waals surface area contributed by atoms with Crippen LogP contribution in [0.3, 0.4) is 0 Å². The Kier molecular flexibility index (Phi) is 6.20. The van der Waals surface area contributed by atoms with E-state index in [1.807, 2.05) is 0 Å². The van der Waals surface area contributed by atoms with Gasteiger partial charge in [-0.05, 0) is 24.3 Å². The summed E-state index contributed by atoms with van der Waals surface area (Å²) in [5.41, 5.74) is 1.10. The molecule has 172 valence electrons. The van der Waals surface area contributed by atoms with Gasteiger partial charge in [0.25, 0.3) is 5.91 Å². The van der Waals surface area contributed by atoms with Crippen LogP contribution >= 0.6 is 0 Å². The number of hydrogen-bond acceptors (Lipinski definition) is 8. The van der Waals surface area contributed by atoms with Crippen LogP contribution in [0.15, 0.2) is 36.4 Å². The quantitative estimate of drug-likeness (QED) is 0.482. The molecule has 0 atom stereocenters. The molecule has 11 nitrogen and oxygen atoms in total. The average molecular weight is 455 g/mol. The molecule has 2 heterocycles. The maximum absolute atomic E-state index is 12.4. The predicted molar refractivity (Wildman–Crippen MR) is 116 cm³/mol. The van der Waals surface area contributed by atoms with Gasteiger partial charge in [-0.25, -0.2) is 9.59 Å². The van der Waals surface area contributed by atoms with Gasteiger partial charge >= 0.3 is 12.0 Å². The number of esters is 1. The Morgan fingerprint density at radius 3 is 2.55 bits per heavy atom. The van der Waals surface area contributed by atoms with Crippen LogP contribution in [-0.4, -0.2) is 56.9 Å². The molecule has 3 aromatic rings. The van der Waals surface area contributed by atoms with Crippen LogP contribution in [0.2, 0.25) is 0 Å². The van der Waals surface area contributed by atoms with Crippen LogP contribution < -0.4 is 29.6 Å². The van der Waals surface area contributed by atoms with E-state index in [2.05, 4.69) is 15.6 Å². The number of H-pyrrole nitrogens is 1. The third-order valence-electron chi connectivity index (χ3n) is 4.73. The topological polar surface area (TPSA) is 137 Å². The highest BCUT2D eigenvalue weighted by Gasteiger charge is 2.18. The Labute approximate surface area is 187 Å². The van der Waals surface area contributed by atoms with E-state index in [9.17, 15) is 14.4 Å². The molecule has 1 aliphatic heterocycles. The number of fused-ring (bicyclic) bond motifs is 2. The number of rotatable bonds is 6. The monoisotopic (exact) mass is 455 g/mol. The molecule has 0 radical (unpaired) electrons. The summed E-state index contributed by atoms with van der Waals surface area (Å²) >= 11 is 0. The number of urea groups is 1. The van der Waals surface area contributed by atoms with Gasteiger partial charge in [0.15, 0.2) is 18.1 Å². The zero-order valence-corrected chi connectivity index (χ0v) is 17.9. The molecular formula is C22H21N3O8. The first-order chi connectivity index (χ1) is 16.0. The number of nitrogens with one attached hydrogen (secondary N) is 3. The molecule has 33 heavy (non-hydrogen) atoms. The first kappa shape index (κ1) is 21.8. The van der Waals surface area contributed by atoms with E-state index < -0.39 is 24.5 Å². The average Bonchev–Trinajstić information content (AvgIpc) is 3.26. The number of amides is 3. The van der Waals surface area contributed by atoms with Gasteiger partial charge in [0.05, 0.1) is 19.7 Å². The van der Waals surface area contributed by atoms with Crippen molar-refractivity contribution in [3.8, 4) is 23.0 Å². The number of benzene rings is 2. The Hall–Kier alpha value is -4.41. The van der Waals surface area contributed by atoms with Crippen molar-refractivity contribution in [1.29, 1.82) is 0 Å². The van der Waals surface area contributed by atoms with Crippen molar-refractivity contribution in [2.75, 3.05) is 39.4 Å². The Morgan fingerprint density at radius 2 is 1.79 bits per heavy atom. The highest BCUT2D eigenvalue weighted by molar-refractivity contribution is 6.03. The van der Waals surface area contributed by atoms with Gasteiger partial charge in [-0.15, -0.1) is 0 Å². The van der Waals surface area contributed by atoms with Crippen molar-refractivity contribution in [3.63, 3.8) is 0 Å². The largest absolute Gasteiger partial charge is 0.497 e. The first-order valence-electron chi connectivity index (χ1n) is 9.89. The number of imide groups is 1. The number of anilines is 1. The van der Waals surface area contributed by atoms with Gasteiger partial charge in [0.1, 0.15) is 30.4 Å². The van der Waals surface area contributed by atoms with Crippen LogP contribution in [-0.2, 0) is 9.53 Å². The summed E-state index contributed by atoms with van der Waals surface area (Å²) in [5, 5.41) is 5.26. The van der Waals surface area contributed by atoms with Crippen LogP contribution in [0.5, 0.6) is 23.0 Å². The first-order valence-corrected chi connectivity index (χ1v) is 9.89. The summed E-state index contributed by atoms with van der Waals surface area (Å²) in [6, 6.07) is 9.00. The number of aromatic amines is 1. The van der Waals surface area contributed by atoms with Gasteiger partial charge < -0.3 is 34.0 Å². The second-order valence-corrected chi connectivity index (χ2v) is 6.91. The molecule has 0 aliphatic carbocycles. The Balaban J connectivity index is 1.32. The van der Waals surface area contributed by atoms with Crippen molar-refractivity contribution in [2.45, 2.75) is 0 Å². The Bertz CT molecular complexity index is 1220. The van der Waals surface area contributed by atoms with Crippen molar-refractivity contribution >= 4 is 34.5 Å². The third kappa shape index (κ3) is 4.92. The molecule has 0 fully saturated rings. The summed E-state index contributed by atoms with van der Waals surface area (Å²) in [6.07, 6.45) is 0. The highest BCUT2D eigenvalue weighted by atomic mass is 16.6. The zero-order valence-electron chi connectivity index (χ0n) is 17.9. The molecule has 3 N–H and O–H groups in total. The summed E-state index contributed by atoms with van der Waals surface area (Å²) in [6.45, 7) is 0.208. The van der Waals surface area contributed by atoms with Crippen LogP contribution in [0.4, 0.5) is 10.5 Å². The minimum absolute atomic E-state index is 0.116. The number of carbonyl (C=O) groups is 3. The summed E-state index contributed by atoms with van der Waals surface area (Å²) in [7, 11) is 3.01. The SMILES string of the molecule is COc1cc(OC)c2[nH]c(C(=O)OCC(=O)NC(=O)Nc3ccc4c(c3)OCCO4)cc2c1. The van der Waals surface area contributed by atoms with Gasteiger partial charge in [0, 0.05) is 23.2 Å². The molecule has 3 amide bonds. The molecule has 1 aliphatic rings. The molecule has 11 heteroatoms. The molecule has 0 unspecified atom stereocenters. The number of aromatic nitrogens is 1.